The van der Waals surface area contributed by atoms with Gasteiger partial charge in [-0.1, -0.05) is 18.3 Å². The molecule has 0 amide bonds. The molecule has 0 atom stereocenters. The van der Waals surface area contributed by atoms with E-state index in [2.05, 4.69) is 19.6 Å². The number of nitrogens with zero attached hydrogens (tertiary/aromatic N) is 3. The van der Waals surface area contributed by atoms with Crippen LogP contribution in [0.1, 0.15) is 26.7 Å². The van der Waals surface area contributed by atoms with Gasteiger partial charge in [-0.15, -0.1) is 16.4 Å². The van der Waals surface area contributed by atoms with Crippen LogP contribution < -0.4 is 0 Å². The maximum Gasteiger partial charge on any atom is 0.132 e. The molecule has 0 aliphatic carbocycles. The minimum absolute atomic E-state index is 0. The van der Waals surface area contributed by atoms with E-state index in [1.54, 1.807) is 29.2 Å². The molecule has 3 heterocycles. The first kappa shape index (κ1) is 26.5. The van der Waals surface area contributed by atoms with Gasteiger partial charge in [-0.05, 0) is 23.7 Å². The molecule has 0 bridgehead atoms. The number of thiazole rings is 1. The summed E-state index contributed by atoms with van der Waals surface area (Å²) in [6.45, 7) is 3.76. The van der Waals surface area contributed by atoms with Gasteiger partial charge in [0, 0.05) is 64.0 Å². The van der Waals surface area contributed by atoms with Crippen molar-refractivity contribution in [2.45, 2.75) is 26.7 Å². The first-order valence-corrected chi connectivity index (χ1v) is 8.21. The van der Waals surface area contributed by atoms with Gasteiger partial charge in [0.1, 0.15) is 5.78 Å². The number of carbonyl (C=O) groups is 1. The molecule has 0 unspecified atom stereocenters. The fourth-order valence-electron chi connectivity index (χ4n) is 0.840. The Morgan fingerprint density at radius 1 is 1.09 bits per heavy atom. The van der Waals surface area contributed by atoms with Crippen molar-refractivity contribution in [3.8, 4) is 0 Å². The predicted molar refractivity (Wildman–Crippen MR) is 89.5 cm³/mol. The number of hydrogen-bond acceptors (Lipinski definition) is 6. The van der Waals surface area contributed by atoms with Gasteiger partial charge in [-0.3, -0.25) is 9.78 Å². The Balaban J connectivity index is -0.000000225. The van der Waals surface area contributed by atoms with Gasteiger partial charge in [0.05, 0.1) is 11.7 Å². The molecule has 5 nitrogen and oxygen atoms in total. The number of H-pyrrole nitrogens is 1. The van der Waals surface area contributed by atoms with Crippen molar-refractivity contribution >= 4 is 28.7 Å². The summed E-state index contributed by atoms with van der Waals surface area (Å²) in [7, 11) is 0. The third-order valence-corrected chi connectivity index (χ3v) is 2.87. The summed E-state index contributed by atoms with van der Waals surface area (Å²) in [4.78, 5) is 16.8. The molecule has 3 rings (SSSR count). The second-order valence-electron chi connectivity index (χ2n) is 3.39. The molecule has 0 aromatic carbocycles. The topological polar surface area (TPSA) is 71.5 Å². The summed E-state index contributed by atoms with van der Waals surface area (Å²) in [6, 6.07) is 3.89. The van der Waals surface area contributed by atoms with E-state index in [1.165, 1.54) is 11.5 Å². The minimum Gasteiger partial charge on any atom is -0.368 e. The Morgan fingerprint density at radius 2 is 1.74 bits per heavy atom. The molecule has 2 radical (unpaired) electrons. The Kier molecular flexibility index (Phi) is 26.3. The normalized spacial score (nSPS) is 7.39. The molecule has 3 aromatic heterocycles. The van der Waals surface area contributed by atoms with E-state index in [1.807, 2.05) is 49.1 Å². The van der Waals surface area contributed by atoms with Crippen LogP contribution >= 0.6 is 22.9 Å². The average Bonchev–Trinajstić information content (AvgIpc) is 3.34. The van der Waals surface area contributed by atoms with Crippen LogP contribution in [0.4, 0.5) is 4.70 Å². The van der Waals surface area contributed by atoms with E-state index in [-0.39, 0.29) is 21.8 Å². The number of nitrogens with one attached hydrogen (secondary N) is 1. The number of carbonyl (C=O) groups excluding carboxylic acids is 1. The van der Waals surface area contributed by atoms with Crippen LogP contribution in [0.25, 0.3) is 0 Å². The smallest absolute Gasteiger partial charge is 0.132 e. The van der Waals surface area contributed by atoms with Gasteiger partial charge < -0.3 is 4.98 Å². The van der Waals surface area contributed by atoms with Gasteiger partial charge >= 0.3 is 0 Å². The Bertz CT molecular complexity index is 373. The summed E-state index contributed by atoms with van der Waals surface area (Å²) in [5.41, 5.74) is 1.79. The number of Topliss-reactive ketones (excluding diaryl/α,β-unsaturated/α-hetero) is 1. The van der Waals surface area contributed by atoms with E-state index in [0.29, 0.717) is 18.6 Å². The fourth-order valence-corrected chi connectivity index (χ4v) is 1.46. The summed E-state index contributed by atoms with van der Waals surface area (Å²) in [5.74, 6) is 0.343. The number of hydrogen-bond donors (Lipinski definition) is 1. The van der Waals surface area contributed by atoms with Crippen LogP contribution in [0.5, 0.6) is 0 Å². The largest absolute Gasteiger partial charge is 0.368 e. The van der Waals surface area contributed by atoms with Crippen molar-refractivity contribution in [1.29, 1.82) is 0 Å². The molecule has 0 aliphatic heterocycles. The summed E-state index contributed by atoms with van der Waals surface area (Å²) in [5, 5.41) is 7.24. The van der Waals surface area contributed by atoms with E-state index in [9.17, 15) is 4.79 Å². The molecule has 0 aliphatic rings. The molecule has 0 saturated heterocycles. The quantitative estimate of drug-likeness (QED) is 0.636. The van der Waals surface area contributed by atoms with E-state index in [4.69, 9.17) is 0 Å². The van der Waals surface area contributed by atoms with Gasteiger partial charge in [0.15, 0.2) is 0 Å². The molecule has 1 N–H and O–H groups in total. The number of aromatic amines is 1. The maximum atomic E-state index is 10.2. The van der Waals surface area contributed by atoms with Gasteiger partial charge in [-0.25, -0.2) is 0 Å². The van der Waals surface area contributed by atoms with Crippen molar-refractivity contribution in [2.75, 3.05) is 0 Å². The van der Waals surface area contributed by atoms with Crippen LogP contribution in [0.15, 0.2) is 53.2 Å². The first-order valence-electron chi connectivity index (χ1n) is 6.43. The molecular formula is C14H20CuFN4OS2. The summed E-state index contributed by atoms with van der Waals surface area (Å²) in [6.07, 6.45) is 8.56. The zero-order valence-corrected chi connectivity index (χ0v) is 15.4. The van der Waals surface area contributed by atoms with E-state index < -0.39 is 0 Å². The summed E-state index contributed by atoms with van der Waals surface area (Å²) < 4.78 is 3.51. The van der Waals surface area contributed by atoms with Crippen LogP contribution in [0, 0.1) is 0 Å². The molecule has 23 heavy (non-hydrogen) atoms. The third kappa shape index (κ3) is 23.0. The Hall–Kier alpha value is -1.41. The minimum atomic E-state index is 0. The molecule has 0 spiro atoms. The van der Waals surface area contributed by atoms with Crippen LogP contribution in [-0.4, -0.2) is 25.3 Å². The van der Waals surface area contributed by atoms with Gasteiger partial charge in [0.2, 0.25) is 0 Å². The molecule has 0 saturated carbocycles. The molecule has 3 aromatic rings. The third-order valence-electron chi connectivity index (χ3n) is 1.91. The first-order chi connectivity index (χ1) is 10.3. The Labute approximate surface area is 154 Å². The second-order valence-corrected chi connectivity index (χ2v) is 4.80. The van der Waals surface area contributed by atoms with Crippen molar-refractivity contribution in [1.82, 2.24) is 19.6 Å². The fraction of sp³-hybridized carbons (Fsp3) is 0.286. The summed E-state index contributed by atoms with van der Waals surface area (Å²) >= 11 is 2.95. The van der Waals surface area contributed by atoms with Gasteiger partial charge in [-0.2, -0.15) is 0 Å². The zero-order chi connectivity index (χ0) is 15.6. The van der Waals surface area contributed by atoms with Crippen molar-refractivity contribution < 1.29 is 26.6 Å². The van der Waals surface area contributed by atoms with Crippen molar-refractivity contribution in [2.24, 2.45) is 0 Å². The maximum absolute atomic E-state index is 10.2. The zero-order valence-electron chi connectivity index (χ0n) is 12.9. The Morgan fingerprint density at radius 3 is 1.87 bits per heavy atom. The molecular weight excluding hydrogens is 387 g/mol. The standard InChI is InChI=1S/C5H10O.C4H5N.C3H3NS.C2H2N2S.Cu.F/c1-3-5(6)4-2;1-2-4-5-3-1;1-2-5-3-4-1;1-2-5-4-3-1;;/h3-4H2,1-2H3;1-5H;1-3H;1-2H;;. The molecule has 0 fully saturated rings. The van der Waals surface area contributed by atoms with Crippen LogP contribution in [0.3, 0.4) is 0 Å². The van der Waals surface area contributed by atoms with Gasteiger partial charge in [0.25, 0.3) is 0 Å². The SMILES string of the molecule is CCC(=O)CC.[Cu].[F].c1cc[nH]c1.c1cscn1.c1csnn1. The predicted octanol–water partition coefficient (Wildman–Crippen LogP) is 4.49. The van der Waals surface area contributed by atoms with Crippen LogP contribution in [0.2, 0.25) is 0 Å². The number of halogens is 1. The average molecular weight is 407 g/mol. The van der Waals surface area contributed by atoms with Crippen LogP contribution in [-0.2, 0) is 21.9 Å². The number of ketones is 1. The molecule has 132 valence electrons. The van der Waals surface area contributed by atoms with E-state index in [0.717, 1.165) is 0 Å². The second kappa shape index (κ2) is 22.9. The van der Waals surface area contributed by atoms with Crippen molar-refractivity contribution in [3.05, 3.63) is 53.2 Å². The molecule has 9 heteroatoms. The monoisotopic (exact) mass is 406 g/mol. The van der Waals surface area contributed by atoms with E-state index >= 15 is 0 Å². The number of aromatic nitrogens is 4. The number of rotatable bonds is 2. The van der Waals surface area contributed by atoms with Crippen molar-refractivity contribution in [3.63, 3.8) is 0 Å².